The zero-order valence-electron chi connectivity index (χ0n) is 16.6. The third-order valence-electron chi connectivity index (χ3n) is 3.88. The molecule has 2 aromatic carbocycles. The predicted octanol–water partition coefficient (Wildman–Crippen LogP) is 4.26. The summed E-state index contributed by atoms with van der Waals surface area (Å²) in [7, 11) is 0. The fourth-order valence-corrected chi connectivity index (χ4v) is 2.53. The number of anilines is 1. The van der Waals surface area contributed by atoms with Crippen LogP contribution in [0.2, 0.25) is 0 Å². The average Bonchev–Trinajstić information content (AvgIpc) is 2.71. The minimum absolute atomic E-state index is 0.117. The number of ether oxygens (including phenoxy) is 2. The lowest BCUT2D eigenvalue weighted by atomic mass is 10.1. The maximum atomic E-state index is 13.0. The number of carbonyl (C=O) groups excluding carboxylic acids is 2. The van der Waals surface area contributed by atoms with Crippen LogP contribution in [0.4, 0.5) is 18.9 Å². The molecule has 6 nitrogen and oxygen atoms in total. The van der Waals surface area contributed by atoms with E-state index in [4.69, 9.17) is 9.47 Å². The second-order valence-corrected chi connectivity index (χ2v) is 6.22. The van der Waals surface area contributed by atoms with Gasteiger partial charge in [-0.3, -0.25) is 9.59 Å². The number of hydrogen-bond donors (Lipinski definition) is 2. The van der Waals surface area contributed by atoms with Crippen LogP contribution in [0.25, 0.3) is 0 Å². The second kappa shape index (κ2) is 10.5. The van der Waals surface area contributed by atoms with E-state index < -0.39 is 30.1 Å². The molecule has 0 aliphatic heterocycles. The molecule has 2 amide bonds. The molecule has 0 aliphatic rings. The molecule has 0 fully saturated rings. The van der Waals surface area contributed by atoms with Crippen LogP contribution in [-0.4, -0.2) is 31.6 Å². The third-order valence-corrected chi connectivity index (χ3v) is 3.88. The standard InChI is InChI=1S/C21H23F3N2O4/c1-3-11-30-18-10-9-14(21(22,23)24)12-16(18)26-19(27)13-25-20(28)15-7-5-6-8-17(15)29-4-2/h5-10,12H,3-4,11,13H2,1-2H3,(H,25,28)(H,26,27). The molecule has 0 aromatic heterocycles. The number of amides is 2. The fraction of sp³-hybridized carbons (Fsp3) is 0.333. The lowest BCUT2D eigenvalue weighted by molar-refractivity contribution is -0.137. The van der Waals surface area contributed by atoms with Gasteiger partial charge in [0.25, 0.3) is 5.91 Å². The number of carbonyl (C=O) groups is 2. The number of halogens is 3. The van der Waals surface area contributed by atoms with Crippen LogP contribution in [0.5, 0.6) is 11.5 Å². The van der Waals surface area contributed by atoms with Crippen molar-refractivity contribution in [1.82, 2.24) is 5.32 Å². The summed E-state index contributed by atoms with van der Waals surface area (Å²) < 4.78 is 49.8. The van der Waals surface area contributed by atoms with E-state index in [-0.39, 0.29) is 23.6 Å². The van der Waals surface area contributed by atoms with Crippen LogP contribution in [0.1, 0.15) is 36.2 Å². The van der Waals surface area contributed by atoms with E-state index in [1.54, 1.807) is 31.2 Å². The normalized spacial score (nSPS) is 11.0. The van der Waals surface area contributed by atoms with Crippen molar-refractivity contribution in [2.45, 2.75) is 26.4 Å². The Kier molecular flexibility index (Phi) is 8.08. The van der Waals surface area contributed by atoms with Gasteiger partial charge >= 0.3 is 6.18 Å². The van der Waals surface area contributed by atoms with Gasteiger partial charge in [0.05, 0.1) is 36.6 Å². The van der Waals surface area contributed by atoms with Crippen LogP contribution in [0.3, 0.4) is 0 Å². The molecule has 0 spiro atoms. The largest absolute Gasteiger partial charge is 0.493 e. The van der Waals surface area contributed by atoms with E-state index in [1.165, 1.54) is 0 Å². The lowest BCUT2D eigenvalue weighted by Gasteiger charge is -2.15. The Hall–Kier alpha value is -3.23. The minimum Gasteiger partial charge on any atom is -0.493 e. The van der Waals surface area contributed by atoms with Crippen LogP contribution in [0, 0.1) is 0 Å². The van der Waals surface area contributed by atoms with E-state index >= 15 is 0 Å². The average molecular weight is 424 g/mol. The van der Waals surface area contributed by atoms with Crippen molar-refractivity contribution in [3.63, 3.8) is 0 Å². The molecule has 0 heterocycles. The second-order valence-electron chi connectivity index (χ2n) is 6.22. The molecule has 0 bridgehead atoms. The summed E-state index contributed by atoms with van der Waals surface area (Å²) >= 11 is 0. The van der Waals surface area contributed by atoms with Gasteiger partial charge in [-0.1, -0.05) is 19.1 Å². The molecule has 0 aliphatic carbocycles. The van der Waals surface area contributed by atoms with Crippen molar-refractivity contribution in [2.24, 2.45) is 0 Å². The Morgan fingerprint density at radius 2 is 1.73 bits per heavy atom. The Balaban J connectivity index is 2.09. The van der Waals surface area contributed by atoms with Gasteiger partial charge in [-0.15, -0.1) is 0 Å². The van der Waals surface area contributed by atoms with Crippen molar-refractivity contribution in [1.29, 1.82) is 0 Å². The van der Waals surface area contributed by atoms with E-state index in [1.807, 2.05) is 6.92 Å². The van der Waals surface area contributed by atoms with E-state index in [9.17, 15) is 22.8 Å². The van der Waals surface area contributed by atoms with Crippen LogP contribution in [-0.2, 0) is 11.0 Å². The highest BCUT2D eigenvalue weighted by molar-refractivity contribution is 6.01. The molecule has 0 unspecified atom stereocenters. The summed E-state index contributed by atoms with van der Waals surface area (Å²) in [5, 5.41) is 4.80. The first-order valence-corrected chi connectivity index (χ1v) is 9.40. The third kappa shape index (κ3) is 6.40. The molecular weight excluding hydrogens is 401 g/mol. The van der Waals surface area contributed by atoms with Crippen molar-refractivity contribution in [3.8, 4) is 11.5 Å². The minimum atomic E-state index is -4.57. The van der Waals surface area contributed by atoms with Gasteiger partial charge in [0.15, 0.2) is 0 Å². The number of hydrogen-bond acceptors (Lipinski definition) is 4. The molecule has 0 radical (unpaired) electrons. The first-order chi connectivity index (χ1) is 14.3. The van der Waals surface area contributed by atoms with E-state index in [2.05, 4.69) is 10.6 Å². The summed E-state index contributed by atoms with van der Waals surface area (Å²) in [5.41, 5.74) is -0.790. The summed E-state index contributed by atoms with van der Waals surface area (Å²) in [6.45, 7) is 3.82. The highest BCUT2D eigenvalue weighted by Gasteiger charge is 2.31. The van der Waals surface area contributed by atoms with Crippen LogP contribution >= 0.6 is 0 Å². The van der Waals surface area contributed by atoms with Crippen LogP contribution < -0.4 is 20.1 Å². The molecule has 0 saturated carbocycles. The van der Waals surface area contributed by atoms with Gasteiger partial charge in [-0.25, -0.2) is 0 Å². The van der Waals surface area contributed by atoms with Crippen molar-refractivity contribution < 1.29 is 32.2 Å². The topological polar surface area (TPSA) is 76.7 Å². The number of nitrogens with one attached hydrogen (secondary N) is 2. The van der Waals surface area contributed by atoms with Gasteiger partial charge < -0.3 is 20.1 Å². The number of rotatable bonds is 9. The van der Waals surface area contributed by atoms with Crippen molar-refractivity contribution >= 4 is 17.5 Å². The molecule has 2 aromatic rings. The maximum absolute atomic E-state index is 13.0. The maximum Gasteiger partial charge on any atom is 0.416 e. The van der Waals surface area contributed by atoms with Gasteiger partial charge in [0.2, 0.25) is 5.91 Å². The Morgan fingerprint density at radius 1 is 1.00 bits per heavy atom. The summed E-state index contributed by atoms with van der Waals surface area (Å²) in [6.07, 6.45) is -3.93. The Bertz CT molecular complexity index is 885. The monoisotopic (exact) mass is 424 g/mol. The van der Waals surface area contributed by atoms with Gasteiger partial charge in [0.1, 0.15) is 11.5 Å². The zero-order chi connectivity index (χ0) is 22.1. The van der Waals surface area contributed by atoms with Gasteiger partial charge in [0, 0.05) is 0 Å². The summed E-state index contributed by atoms with van der Waals surface area (Å²) in [6, 6.07) is 9.37. The molecule has 9 heteroatoms. The highest BCUT2D eigenvalue weighted by Crippen LogP contribution is 2.35. The molecule has 0 saturated heterocycles. The summed E-state index contributed by atoms with van der Waals surface area (Å²) in [4.78, 5) is 24.6. The van der Waals surface area contributed by atoms with Crippen LogP contribution in [0.15, 0.2) is 42.5 Å². The Labute approximate surface area is 172 Å². The van der Waals surface area contributed by atoms with E-state index in [0.717, 1.165) is 18.2 Å². The lowest BCUT2D eigenvalue weighted by Crippen LogP contribution is -2.33. The molecule has 0 atom stereocenters. The Morgan fingerprint density at radius 3 is 2.40 bits per heavy atom. The fourth-order valence-electron chi connectivity index (χ4n) is 2.53. The molecule has 2 N–H and O–H groups in total. The summed E-state index contributed by atoms with van der Waals surface area (Å²) in [5.74, 6) is -0.754. The zero-order valence-corrected chi connectivity index (χ0v) is 16.6. The quantitative estimate of drug-likeness (QED) is 0.631. The predicted molar refractivity (Wildman–Crippen MR) is 106 cm³/mol. The molecule has 30 heavy (non-hydrogen) atoms. The first kappa shape index (κ1) is 23.1. The smallest absolute Gasteiger partial charge is 0.416 e. The van der Waals surface area contributed by atoms with E-state index in [0.29, 0.717) is 18.8 Å². The van der Waals surface area contributed by atoms with Crippen molar-refractivity contribution in [2.75, 3.05) is 25.1 Å². The van der Waals surface area contributed by atoms with Gasteiger partial charge in [-0.05, 0) is 43.7 Å². The SMILES string of the molecule is CCCOc1ccc(C(F)(F)F)cc1NC(=O)CNC(=O)c1ccccc1OCC. The van der Waals surface area contributed by atoms with Crippen molar-refractivity contribution in [3.05, 3.63) is 53.6 Å². The van der Waals surface area contributed by atoms with Gasteiger partial charge in [-0.2, -0.15) is 13.2 Å². The number of alkyl halides is 3. The molecule has 162 valence electrons. The highest BCUT2D eigenvalue weighted by atomic mass is 19.4. The number of para-hydroxylation sites is 1. The molecule has 2 rings (SSSR count). The first-order valence-electron chi connectivity index (χ1n) is 9.40. The number of benzene rings is 2. The molecular formula is C21H23F3N2O4.